The van der Waals surface area contributed by atoms with Gasteiger partial charge in [-0.05, 0) is 42.5 Å². The maximum absolute atomic E-state index is 13.0. The third-order valence-corrected chi connectivity index (χ3v) is 6.89. The number of hydrogen-bond donors (Lipinski definition) is 2. The quantitative estimate of drug-likeness (QED) is 0.317. The van der Waals surface area contributed by atoms with Gasteiger partial charge in [-0.3, -0.25) is 14.1 Å². The van der Waals surface area contributed by atoms with Crippen LogP contribution in [0.15, 0.2) is 61.1 Å². The number of aromatic nitrogens is 3. The van der Waals surface area contributed by atoms with Gasteiger partial charge in [-0.15, -0.1) is 0 Å². The van der Waals surface area contributed by atoms with Crippen molar-refractivity contribution in [2.45, 2.75) is 6.61 Å². The van der Waals surface area contributed by atoms with Crippen LogP contribution in [0.4, 0.5) is 20.3 Å². The number of benzene rings is 2. The van der Waals surface area contributed by atoms with E-state index in [-0.39, 0.29) is 11.7 Å². The van der Waals surface area contributed by atoms with Crippen LogP contribution < -0.4 is 15.4 Å². The largest absolute Gasteiger partial charge is 0.435 e. The molecule has 2 aromatic heterocycles. The number of anilines is 2. The number of rotatable bonds is 9. The molecule has 5 rings (SSSR count). The molecular weight excluding hydrogens is 528 g/mol. The van der Waals surface area contributed by atoms with Crippen molar-refractivity contribution in [3.8, 4) is 17.0 Å². The lowest BCUT2D eigenvalue weighted by atomic mass is 10.1. The Labute approximate surface area is 229 Å². The van der Waals surface area contributed by atoms with Crippen LogP contribution >= 0.6 is 11.6 Å². The van der Waals surface area contributed by atoms with Gasteiger partial charge in [-0.2, -0.15) is 8.78 Å². The van der Waals surface area contributed by atoms with Gasteiger partial charge in [-0.25, -0.2) is 9.97 Å². The number of imidazole rings is 1. The normalized spacial score (nSPS) is 14.1. The van der Waals surface area contributed by atoms with Crippen molar-refractivity contribution < 1.29 is 18.3 Å². The molecule has 12 heteroatoms. The SMILES string of the molecule is CN(CCN1CCNCC1)C(=O)c1ccc(Nc2nccn3c(-c4ccc(OC(F)F)cc4)cnc23)cc1Cl. The van der Waals surface area contributed by atoms with Gasteiger partial charge in [0, 0.05) is 70.0 Å². The van der Waals surface area contributed by atoms with E-state index in [1.54, 1.807) is 60.9 Å². The minimum atomic E-state index is -2.88. The lowest BCUT2D eigenvalue weighted by Gasteiger charge is -2.29. The zero-order chi connectivity index (χ0) is 27.4. The molecule has 0 spiro atoms. The summed E-state index contributed by atoms with van der Waals surface area (Å²) >= 11 is 6.53. The maximum atomic E-state index is 13.0. The number of amides is 1. The zero-order valence-corrected chi connectivity index (χ0v) is 22.0. The molecule has 0 bridgehead atoms. The Bertz CT molecular complexity index is 1440. The predicted octanol–water partition coefficient (Wildman–Crippen LogP) is 4.37. The number of hydrogen-bond acceptors (Lipinski definition) is 7. The second-order valence-corrected chi connectivity index (χ2v) is 9.56. The molecule has 204 valence electrons. The van der Waals surface area contributed by atoms with Crippen molar-refractivity contribution >= 4 is 34.7 Å². The second kappa shape index (κ2) is 11.9. The summed E-state index contributed by atoms with van der Waals surface area (Å²) < 4.78 is 31.2. The number of carbonyl (C=O) groups is 1. The molecule has 1 fully saturated rings. The van der Waals surface area contributed by atoms with E-state index in [4.69, 9.17) is 11.6 Å². The van der Waals surface area contributed by atoms with Crippen molar-refractivity contribution in [2.24, 2.45) is 0 Å². The summed E-state index contributed by atoms with van der Waals surface area (Å²) in [5.41, 5.74) is 3.16. The number of fused-ring (bicyclic) bond motifs is 1. The molecule has 0 aliphatic carbocycles. The number of ether oxygens (including phenoxy) is 1. The fraction of sp³-hybridized carbons (Fsp3) is 0.296. The molecule has 0 radical (unpaired) electrons. The van der Waals surface area contributed by atoms with Crippen molar-refractivity contribution in [1.29, 1.82) is 0 Å². The number of halogens is 3. The van der Waals surface area contributed by atoms with Gasteiger partial charge < -0.3 is 20.3 Å². The van der Waals surface area contributed by atoms with E-state index in [1.165, 1.54) is 12.1 Å². The van der Waals surface area contributed by atoms with E-state index >= 15 is 0 Å². The number of nitrogens with zero attached hydrogens (tertiary/aromatic N) is 5. The Balaban J connectivity index is 1.29. The number of carbonyl (C=O) groups excluding carboxylic acids is 1. The van der Waals surface area contributed by atoms with Crippen molar-refractivity contribution in [3.05, 3.63) is 71.6 Å². The molecule has 1 aliphatic rings. The van der Waals surface area contributed by atoms with Crippen LogP contribution in [0.1, 0.15) is 10.4 Å². The smallest absolute Gasteiger partial charge is 0.387 e. The van der Waals surface area contributed by atoms with Gasteiger partial charge in [0.25, 0.3) is 5.91 Å². The monoisotopic (exact) mass is 555 g/mol. The Morgan fingerprint density at radius 1 is 1.18 bits per heavy atom. The first-order chi connectivity index (χ1) is 18.9. The molecule has 0 saturated carbocycles. The van der Waals surface area contributed by atoms with Crippen molar-refractivity contribution in [3.63, 3.8) is 0 Å². The highest BCUT2D eigenvalue weighted by Crippen LogP contribution is 2.29. The lowest BCUT2D eigenvalue weighted by Crippen LogP contribution is -2.46. The molecule has 1 saturated heterocycles. The zero-order valence-electron chi connectivity index (χ0n) is 21.3. The van der Waals surface area contributed by atoms with Gasteiger partial charge in [-0.1, -0.05) is 11.6 Å². The first kappa shape index (κ1) is 26.8. The Morgan fingerprint density at radius 3 is 2.67 bits per heavy atom. The Morgan fingerprint density at radius 2 is 1.95 bits per heavy atom. The molecule has 0 atom stereocenters. The molecule has 3 heterocycles. The van der Waals surface area contributed by atoms with Gasteiger partial charge in [0.2, 0.25) is 0 Å². The molecule has 4 aromatic rings. The van der Waals surface area contributed by atoms with E-state index in [0.717, 1.165) is 44.0 Å². The summed E-state index contributed by atoms with van der Waals surface area (Å²) in [6.07, 6.45) is 5.06. The summed E-state index contributed by atoms with van der Waals surface area (Å²) in [7, 11) is 1.78. The van der Waals surface area contributed by atoms with Crippen LogP contribution in [0.25, 0.3) is 16.9 Å². The van der Waals surface area contributed by atoms with E-state index in [9.17, 15) is 13.6 Å². The highest BCUT2D eigenvalue weighted by Gasteiger charge is 2.18. The molecule has 2 N–H and O–H groups in total. The number of piperazine rings is 1. The second-order valence-electron chi connectivity index (χ2n) is 9.15. The van der Waals surface area contributed by atoms with E-state index in [2.05, 4.69) is 30.2 Å². The van der Waals surface area contributed by atoms with Crippen molar-refractivity contribution in [2.75, 3.05) is 51.6 Å². The molecule has 9 nitrogen and oxygen atoms in total. The van der Waals surface area contributed by atoms with Crippen LogP contribution in [0.5, 0.6) is 5.75 Å². The van der Waals surface area contributed by atoms with Crippen LogP contribution in [-0.4, -0.2) is 83.0 Å². The Hall–Kier alpha value is -3.80. The summed E-state index contributed by atoms with van der Waals surface area (Å²) in [5, 5.41) is 6.89. The fourth-order valence-corrected chi connectivity index (χ4v) is 4.73. The first-order valence-electron chi connectivity index (χ1n) is 12.5. The Kier molecular flexibility index (Phi) is 8.20. The summed E-state index contributed by atoms with van der Waals surface area (Å²) in [6, 6.07) is 11.5. The van der Waals surface area contributed by atoms with Crippen LogP contribution in [0.3, 0.4) is 0 Å². The molecular formula is C27H28ClF2N7O2. The summed E-state index contributed by atoms with van der Waals surface area (Å²) in [4.78, 5) is 26.0. The molecule has 0 unspecified atom stereocenters. The van der Waals surface area contributed by atoms with Gasteiger partial charge in [0.1, 0.15) is 5.75 Å². The van der Waals surface area contributed by atoms with E-state index < -0.39 is 6.61 Å². The topological polar surface area (TPSA) is 87.0 Å². The predicted molar refractivity (Wildman–Crippen MR) is 146 cm³/mol. The van der Waals surface area contributed by atoms with E-state index in [1.807, 2.05) is 4.40 Å². The van der Waals surface area contributed by atoms with Gasteiger partial charge in [0.05, 0.1) is 22.5 Å². The first-order valence-corrected chi connectivity index (χ1v) is 12.9. The minimum Gasteiger partial charge on any atom is -0.435 e. The van der Waals surface area contributed by atoms with Crippen LogP contribution in [0, 0.1) is 0 Å². The highest BCUT2D eigenvalue weighted by atomic mass is 35.5. The van der Waals surface area contributed by atoms with Crippen LogP contribution in [-0.2, 0) is 0 Å². The number of likely N-dealkylation sites (N-methyl/N-ethyl adjacent to an activating group) is 1. The molecule has 1 aliphatic heterocycles. The van der Waals surface area contributed by atoms with Crippen LogP contribution in [0.2, 0.25) is 5.02 Å². The third kappa shape index (κ3) is 6.27. The summed E-state index contributed by atoms with van der Waals surface area (Å²) in [6.45, 7) is 2.44. The highest BCUT2D eigenvalue weighted by molar-refractivity contribution is 6.34. The van der Waals surface area contributed by atoms with E-state index in [0.29, 0.717) is 34.3 Å². The molecule has 39 heavy (non-hydrogen) atoms. The average molecular weight is 556 g/mol. The average Bonchev–Trinajstić information content (AvgIpc) is 3.37. The fourth-order valence-electron chi connectivity index (χ4n) is 4.46. The molecule has 1 amide bonds. The maximum Gasteiger partial charge on any atom is 0.387 e. The standard InChI is InChI=1S/C27H28ClF2N7O2/c1-35(14-15-36-11-8-31-9-12-36)26(38)21-7-4-19(16-22(21)28)34-24-25-33-17-23(37(25)13-10-32-24)18-2-5-20(6-3-18)39-27(29)30/h2-7,10,13,16-17,27,31H,8-9,11-12,14-15H2,1H3,(H,32,34). The van der Waals surface area contributed by atoms with Crippen molar-refractivity contribution in [1.82, 2.24) is 29.5 Å². The lowest BCUT2D eigenvalue weighted by molar-refractivity contribution is -0.0498. The third-order valence-electron chi connectivity index (χ3n) is 6.57. The van der Waals surface area contributed by atoms with Gasteiger partial charge in [0.15, 0.2) is 11.5 Å². The summed E-state index contributed by atoms with van der Waals surface area (Å²) in [5.74, 6) is 0.436. The number of nitrogens with one attached hydrogen (secondary N) is 2. The van der Waals surface area contributed by atoms with Gasteiger partial charge >= 0.3 is 6.61 Å². The minimum absolute atomic E-state index is 0.0798. The molecule has 2 aromatic carbocycles. The number of alkyl halides is 2.